The number of carbonyl (C=O) groups excluding carboxylic acids is 1. The molecule has 2 fully saturated rings. The minimum absolute atomic E-state index is 0.0503. The summed E-state index contributed by atoms with van der Waals surface area (Å²) in [5, 5.41) is 1.66. The molecule has 1 spiro atoms. The second kappa shape index (κ2) is 7.46. The van der Waals surface area contributed by atoms with Crippen molar-refractivity contribution in [2.24, 2.45) is 5.41 Å². The number of amides is 1. The largest absolute Gasteiger partial charge is 0.369 e. The summed E-state index contributed by atoms with van der Waals surface area (Å²) in [7, 11) is 0. The van der Waals surface area contributed by atoms with Gasteiger partial charge in [0, 0.05) is 66.0 Å². The number of hydrogen-bond donors (Lipinski definition) is 0. The van der Waals surface area contributed by atoms with E-state index in [1.165, 1.54) is 12.1 Å². The van der Waals surface area contributed by atoms with Crippen LogP contribution in [0.1, 0.15) is 0 Å². The smallest absolute Gasteiger partial charge is 0.245 e. The number of likely N-dealkylation sites (tertiary alicyclic amines) is 1. The van der Waals surface area contributed by atoms with Gasteiger partial charge in [-0.05, 0) is 23.6 Å². The molecule has 0 bridgehead atoms. The third-order valence-electron chi connectivity index (χ3n) is 6.83. The van der Waals surface area contributed by atoms with Crippen LogP contribution in [0.2, 0.25) is 5.02 Å². The first-order valence-electron chi connectivity index (χ1n) is 10.9. The van der Waals surface area contributed by atoms with E-state index in [0.29, 0.717) is 34.8 Å². The van der Waals surface area contributed by atoms with Crippen molar-refractivity contribution in [2.75, 3.05) is 31.1 Å². The fraction of sp³-hybridized carbons (Fsp3) is 0.192. The zero-order chi connectivity index (χ0) is 23.6. The molecule has 0 unspecified atom stereocenters. The maximum atomic E-state index is 15.8. The zero-order valence-electron chi connectivity index (χ0n) is 18.1. The van der Waals surface area contributed by atoms with Gasteiger partial charge in [0.05, 0.1) is 5.02 Å². The van der Waals surface area contributed by atoms with Crippen LogP contribution in [-0.4, -0.2) is 47.0 Å². The van der Waals surface area contributed by atoms with Gasteiger partial charge in [-0.3, -0.25) is 14.8 Å². The summed E-state index contributed by atoms with van der Waals surface area (Å²) in [5.41, 5.74) is 1.62. The van der Waals surface area contributed by atoms with Gasteiger partial charge < -0.3 is 9.80 Å². The van der Waals surface area contributed by atoms with E-state index in [1.807, 2.05) is 6.07 Å². The van der Waals surface area contributed by atoms with E-state index in [0.717, 1.165) is 18.8 Å². The highest BCUT2D eigenvalue weighted by atomic mass is 35.5. The minimum atomic E-state index is -0.575. The second-order valence-electron chi connectivity index (χ2n) is 9.03. The molecule has 4 heterocycles. The molecule has 2 aliphatic rings. The average molecular weight is 477 g/mol. The second-order valence-corrected chi connectivity index (χ2v) is 9.41. The molecular formula is C26H19ClF2N4O. The summed E-state index contributed by atoms with van der Waals surface area (Å²) in [5.74, 6) is -1.20. The zero-order valence-corrected chi connectivity index (χ0v) is 18.8. The van der Waals surface area contributed by atoms with Gasteiger partial charge in [-0.25, -0.2) is 8.78 Å². The maximum absolute atomic E-state index is 15.8. The molecule has 4 aromatic rings. The molecule has 2 saturated heterocycles. The van der Waals surface area contributed by atoms with Gasteiger partial charge in [-0.1, -0.05) is 42.4 Å². The van der Waals surface area contributed by atoms with Crippen LogP contribution in [0.3, 0.4) is 0 Å². The first-order valence-corrected chi connectivity index (χ1v) is 11.3. The molecule has 34 heavy (non-hydrogen) atoms. The highest BCUT2D eigenvalue weighted by Crippen LogP contribution is 2.44. The highest BCUT2D eigenvalue weighted by Gasteiger charge is 2.53. The molecule has 0 N–H and O–H groups in total. The van der Waals surface area contributed by atoms with E-state index < -0.39 is 11.6 Å². The van der Waals surface area contributed by atoms with Crippen molar-refractivity contribution < 1.29 is 13.6 Å². The Morgan fingerprint density at radius 3 is 2.65 bits per heavy atom. The summed E-state index contributed by atoms with van der Waals surface area (Å²) in [4.78, 5) is 24.4. The van der Waals surface area contributed by atoms with Gasteiger partial charge >= 0.3 is 0 Å². The lowest BCUT2D eigenvalue weighted by Gasteiger charge is -2.60. The summed E-state index contributed by atoms with van der Waals surface area (Å²) in [6.07, 6.45) is 4.53. The monoisotopic (exact) mass is 476 g/mol. The summed E-state index contributed by atoms with van der Waals surface area (Å²) in [6.45, 7) is 6.48. The van der Waals surface area contributed by atoms with Crippen LogP contribution in [0.4, 0.5) is 14.5 Å². The lowest BCUT2D eigenvalue weighted by molar-refractivity contribution is -0.139. The van der Waals surface area contributed by atoms with Gasteiger partial charge in [0.25, 0.3) is 0 Å². The van der Waals surface area contributed by atoms with Crippen LogP contribution in [0.15, 0.2) is 61.4 Å². The molecule has 0 saturated carbocycles. The molecule has 6 rings (SSSR count). The summed E-state index contributed by atoms with van der Waals surface area (Å²) >= 11 is 6.25. The third-order valence-corrected chi connectivity index (χ3v) is 7.20. The van der Waals surface area contributed by atoms with Gasteiger partial charge in [-0.15, -0.1) is 0 Å². The Kier molecular flexibility index (Phi) is 4.61. The Hall–Kier alpha value is -3.58. The number of rotatable bonds is 3. The molecule has 0 atom stereocenters. The van der Waals surface area contributed by atoms with Crippen LogP contribution in [-0.2, 0) is 4.79 Å². The predicted molar refractivity (Wildman–Crippen MR) is 129 cm³/mol. The highest BCUT2D eigenvalue weighted by molar-refractivity contribution is 6.36. The Morgan fingerprint density at radius 1 is 1.09 bits per heavy atom. The van der Waals surface area contributed by atoms with Crippen LogP contribution in [0, 0.1) is 17.0 Å². The van der Waals surface area contributed by atoms with Crippen LogP contribution >= 0.6 is 11.6 Å². The Bertz CT molecular complexity index is 1510. The van der Waals surface area contributed by atoms with Crippen LogP contribution in [0.5, 0.6) is 0 Å². The molecule has 5 nitrogen and oxygen atoms in total. The lowest BCUT2D eigenvalue weighted by atomic mass is 9.72. The number of fused-ring (bicyclic) bond motifs is 2. The van der Waals surface area contributed by atoms with E-state index in [9.17, 15) is 9.18 Å². The predicted octanol–water partition coefficient (Wildman–Crippen LogP) is 5.22. The third kappa shape index (κ3) is 3.00. The van der Waals surface area contributed by atoms with E-state index in [4.69, 9.17) is 11.6 Å². The molecular weight excluding hydrogens is 458 g/mol. The number of nitrogens with zero attached hydrogens (tertiary/aromatic N) is 4. The maximum Gasteiger partial charge on any atom is 0.245 e. The fourth-order valence-electron chi connectivity index (χ4n) is 5.22. The number of benzene rings is 2. The molecule has 170 valence electrons. The van der Waals surface area contributed by atoms with Crippen molar-refractivity contribution in [3.8, 4) is 11.3 Å². The van der Waals surface area contributed by atoms with Gasteiger partial charge in [0.1, 0.15) is 17.0 Å². The first-order chi connectivity index (χ1) is 16.4. The molecule has 1 amide bonds. The number of pyridine rings is 2. The van der Waals surface area contributed by atoms with Crippen LogP contribution < -0.4 is 4.90 Å². The van der Waals surface area contributed by atoms with E-state index in [1.54, 1.807) is 41.6 Å². The topological polar surface area (TPSA) is 49.3 Å². The number of halogens is 3. The van der Waals surface area contributed by atoms with Gasteiger partial charge in [0.15, 0.2) is 5.82 Å². The molecule has 0 radical (unpaired) electrons. The molecule has 2 aliphatic heterocycles. The molecule has 2 aromatic heterocycles. The van der Waals surface area contributed by atoms with Crippen molar-refractivity contribution in [3.63, 3.8) is 0 Å². The molecule has 2 aromatic carbocycles. The van der Waals surface area contributed by atoms with Crippen molar-refractivity contribution >= 4 is 44.9 Å². The summed E-state index contributed by atoms with van der Waals surface area (Å²) in [6, 6.07) is 10.00. The summed E-state index contributed by atoms with van der Waals surface area (Å²) < 4.78 is 29.9. The molecule has 0 aliphatic carbocycles. The first kappa shape index (κ1) is 21.0. The Labute approximate surface area is 199 Å². The van der Waals surface area contributed by atoms with Crippen molar-refractivity contribution in [3.05, 3.63) is 78.1 Å². The average Bonchev–Trinajstić information content (AvgIpc) is 2.79. The van der Waals surface area contributed by atoms with Crippen molar-refractivity contribution in [2.45, 2.75) is 0 Å². The fourth-order valence-corrected chi connectivity index (χ4v) is 5.49. The van der Waals surface area contributed by atoms with Gasteiger partial charge in [0.2, 0.25) is 5.91 Å². The Morgan fingerprint density at radius 2 is 1.88 bits per heavy atom. The van der Waals surface area contributed by atoms with E-state index >= 15 is 4.39 Å². The quantitative estimate of drug-likeness (QED) is 0.381. The van der Waals surface area contributed by atoms with Crippen molar-refractivity contribution in [1.29, 1.82) is 0 Å². The Balaban J connectivity index is 1.37. The van der Waals surface area contributed by atoms with E-state index in [2.05, 4.69) is 21.4 Å². The normalized spacial score (nSPS) is 16.6. The molecule has 8 heteroatoms. The number of carbonyl (C=O) groups is 1. The van der Waals surface area contributed by atoms with Gasteiger partial charge in [-0.2, -0.15) is 0 Å². The standard InChI is InChI=1S/C26H19ClF2N4O/c1-2-20(34)33-13-26(14-33)11-32(12-26)19-8-9-30-25-17(19)10-31-24(23(25)29)16-5-3-4-15-6-7-18(28)22(27)21(15)16/h2-10H,1,11-14H2. The number of anilines is 1. The lowest BCUT2D eigenvalue weighted by Crippen LogP contribution is -2.73. The SMILES string of the molecule is C=CC(=O)N1CC2(C1)CN(c1ccnc3c(F)c(-c4cccc5ccc(F)c(Cl)c45)ncc13)C2. The number of aromatic nitrogens is 2. The minimum Gasteiger partial charge on any atom is -0.369 e. The van der Waals surface area contributed by atoms with Crippen LogP contribution in [0.25, 0.3) is 32.9 Å². The van der Waals surface area contributed by atoms with Crippen molar-refractivity contribution in [1.82, 2.24) is 14.9 Å². The number of hydrogen-bond acceptors (Lipinski definition) is 4. The van der Waals surface area contributed by atoms with E-state index in [-0.39, 0.29) is 27.6 Å².